The molecule has 0 bridgehead atoms. The molecule has 6 atom stereocenters. The van der Waals surface area contributed by atoms with Gasteiger partial charge in [-0.3, -0.25) is 67.3 Å². The first-order valence-electron chi connectivity index (χ1n) is 16.6. The zero-order valence-electron chi connectivity index (χ0n) is 29.7. The lowest BCUT2D eigenvalue weighted by molar-refractivity contribution is -0.142. The Bertz CT molecular complexity index is 1490. The van der Waals surface area contributed by atoms with E-state index >= 15 is 0 Å². The SMILES string of the molecule is C[C@H](NC(=O)[C@H](C)NC(=O)[C@@H](NC(=O)CCCN1C(=O)C=CC1=O)[C@H](NC(=O)CCCN1C(=O)C=CC1=O)C(=O)N[C@@H](C)C(=O)N[C@@H](C)C(=O)O)C(=O)O. The Hall–Kier alpha value is -6.48. The largest absolute Gasteiger partial charge is 0.480 e. The van der Waals surface area contributed by atoms with Crippen LogP contribution in [0.1, 0.15) is 53.4 Å². The number of carbonyl (C=O) groups is 12. The van der Waals surface area contributed by atoms with Crippen LogP contribution >= 0.6 is 0 Å². The van der Waals surface area contributed by atoms with Crippen molar-refractivity contribution in [3.05, 3.63) is 24.3 Å². The van der Waals surface area contributed by atoms with Crippen LogP contribution in [0.15, 0.2) is 24.3 Å². The fraction of sp³-hybridized carbons (Fsp3) is 0.500. The number of hydrogen-bond donors (Lipinski definition) is 8. The number of carbonyl (C=O) groups excluding carboxylic acids is 10. The molecule has 0 aromatic rings. The number of carboxylic acids is 2. The lowest BCUT2D eigenvalue weighted by Gasteiger charge is -2.29. The highest BCUT2D eigenvalue weighted by Crippen LogP contribution is 2.09. The van der Waals surface area contributed by atoms with E-state index in [9.17, 15) is 57.5 Å². The highest BCUT2D eigenvalue weighted by Gasteiger charge is 2.39. The van der Waals surface area contributed by atoms with E-state index in [0.717, 1.165) is 61.8 Å². The van der Waals surface area contributed by atoms with Crippen molar-refractivity contribution in [2.24, 2.45) is 0 Å². The van der Waals surface area contributed by atoms with Crippen LogP contribution in [-0.2, 0) is 57.5 Å². The highest BCUT2D eigenvalue weighted by molar-refractivity contribution is 6.13. The summed E-state index contributed by atoms with van der Waals surface area (Å²) in [5.74, 6) is -11.6. The minimum atomic E-state index is -2.05. The molecule has 54 heavy (non-hydrogen) atoms. The third-order valence-corrected chi connectivity index (χ3v) is 7.87. The lowest BCUT2D eigenvalue weighted by atomic mass is 10.0. The van der Waals surface area contributed by atoms with Crippen LogP contribution in [0.2, 0.25) is 0 Å². The number of imide groups is 2. The van der Waals surface area contributed by atoms with Gasteiger partial charge in [0.15, 0.2) is 0 Å². The predicted molar refractivity (Wildman–Crippen MR) is 180 cm³/mol. The molecule has 22 heteroatoms. The van der Waals surface area contributed by atoms with E-state index in [4.69, 9.17) is 10.2 Å². The standard InChI is InChI=1S/C32H42N8O14/c1-15(27(47)35-17(3)31(51)52)33-29(49)25(37-19(41)7-5-13-39-21(43)9-10-22(39)44)26(30(50)34-16(2)28(48)36-18(4)32(53)54)38-20(42)8-6-14-40-23(45)11-12-24(40)46/h9-12,15-18,25-26H,5-8,13-14H2,1-4H3,(H,33,49)(H,34,50)(H,35,47)(H,36,48)(H,37,41)(H,38,42)(H,51,52)(H,53,54)/t15-,16-,17-,18-,25-,26-/m0/s1. The Kier molecular flexibility index (Phi) is 16.1. The van der Waals surface area contributed by atoms with Gasteiger partial charge in [-0.1, -0.05) is 0 Å². The third kappa shape index (κ3) is 12.9. The number of hydrogen-bond acceptors (Lipinski definition) is 12. The number of carboxylic acid groups (broad SMARTS) is 2. The van der Waals surface area contributed by atoms with Gasteiger partial charge in [0, 0.05) is 50.2 Å². The third-order valence-electron chi connectivity index (χ3n) is 7.87. The number of aliphatic carboxylic acids is 2. The molecular formula is C32H42N8O14. The van der Waals surface area contributed by atoms with Gasteiger partial charge in [-0.2, -0.15) is 0 Å². The average molecular weight is 763 g/mol. The van der Waals surface area contributed by atoms with E-state index in [2.05, 4.69) is 31.9 Å². The molecule has 10 amide bonds. The van der Waals surface area contributed by atoms with Gasteiger partial charge in [-0.05, 0) is 40.5 Å². The van der Waals surface area contributed by atoms with E-state index in [0.29, 0.717) is 0 Å². The van der Waals surface area contributed by atoms with E-state index in [1.165, 1.54) is 0 Å². The molecule has 294 valence electrons. The zero-order chi connectivity index (χ0) is 40.9. The number of rotatable bonds is 21. The van der Waals surface area contributed by atoms with E-state index in [1.807, 2.05) is 0 Å². The minimum absolute atomic E-state index is 0.115. The molecule has 22 nitrogen and oxygen atoms in total. The van der Waals surface area contributed by atoms with Crippen LogP contribution in [0.25, 0.3) is 0 Å². The van der Waals surface area contributed by atoms with Gasteiger partial charge >= 0.3 is 11.9 Å². The average Bonchev–Trinajstić information content (AvgIpc) is 3.59. The Balaban J connectivity index is 2.37. The smallest absolute Gasteiger partial charge is 0.325 e. The van der Waals surface area contributed by atoms with E-state index < -0.39 is 120 Å². The zero-order valence-corrected chi connectivity index (χ0v) is 29.7. The van der Waals surface area contributed by atoms with Crippen LogP contribution < -0.4 is 31.9 Å². The summed E-state index contributed by atoms with van der Waals surface area (Å²) >= 11 is 0. The maximum absolute atomic E-state index is 13.7. The van der Waals surface area contributed by atoms with Crippen LogP contribution in [0.4, 0.5) is 0 Å². The molecule has 0 spiro atoms. The van der Waals surface area contributed by atoms with Gasteiger partial charge in [-0.25, -0.2) is 0 Å². The molecule has 0 fully saturated rings. The summed E-state index contributed by atoms with van der Waals surface area (Å²) in [6.07, 6.45) is 3.02. The van der Waals surface area contributed by atoms with Gasteiger partial charge in [0.25, 0.3) is 23.6 Å². The molecule has 0 radical (unpaired) electrons. The molecule has 0 saturated heterocycles. The van der Waals surface area contributed by atoms with Gasteiger partial charge in [0.1, 0.15) is 36.3 Å². The van der Waals surface area contributed by atoms with Crippen LogP contribution in [0.5, 0.6) is 0 Å². The molecular weight excluding hydrogens is 720 g/mol. The monoisotopic (exact) mass is 762 g/mol. The summed E-state index contributed by atoms with van der Waals surface area (Å²) in [6, 6.07) is -9.83. The van der Waals surface area contributed by atoms with Crippen molar-refractivity contribution in [1.82, 2.24) is 41.7 Å². The second-order valence-corrected chi connectivity index (χ2v) is 12.2. The molecule has 0 saturated carbocycles. The maximum atomic E-state index is 13.7. The van der Waals surface area contributed by atoms with Gasteiger partial charge < -0.3 is 42.1 Å². The molecule has 2 heterocycles. The Labute approximate surface area is 307 Å². The molecule has 2 aliphatic heterocycles. The first-order valence-corrected chi connectivity index (χ1v) is 16.6. The quantitative estimate of drug-likeness (QED) is 0.0512. The summed E-state index contributed by atoms with van der Waals surface area (Å²) in [5.41, 5.74) is 0. The maximum Gasteiger partial charge on any atom is 0.325 e. The summed E-state index contributed by atoms with van der Waals surface area (Å²) in [4.78, 5) is 151. The van der Waals surface area contributed by atoms with Crippen molar-refractivity contribution in [3.63, 3.8) is 0 Å². The van der Waals surface area contributed by atoms with Crippen LogP contribution in [0.3, 0.4) is 0 Å². The number of nitrogens with one attached hydrogen (secondary N) is 6. The van der Waals surface area contributed by atoms with Crippen LogP contribution in [0, 0.1) is 0 Å². The summed E-state index contributed by atoms with van der Waals surface area (Å²) in [6.45, 7) is 4.19. The number of amides is 10. The molecule has 0 aromatic carbocycles. The minimum Gasteiger partial charge on any atom is -0.480 e. The Morgan fingerprint density at radius 3 is 1.04 bits per heavy atom. The van der Waals surface area contributed by atoms with E-state index in [1.54, 1.807) is 0 Å². The van der Waals surface area contributed by atoms with Crippen LogP contribution in [-0.4, -0.2) is 140 Å². The second-order valence-electron chi connectivity index (χ2n) is 12.2. The molecule has 8 N–H and O–H groups in total. The molecule has 0 aromatic heterocycles. The first kappa shape index (κ1) is 43.7. The van der Waals surface area contributed by atoms with E-state index in [-0.39, 0.29) is 25.9 Å². The number of nitrogens with zero attached hydrogens (tertiary/aromatic N) is 2. The lowest BCUT2D eigenvalue weighted by Crippen LogP contribution is -2.66. The van der Waals surface area contributed by atoms with Crippen molar-refractivity contribution in [3.8, 4) is 0 Å². The van der Waals surface area contributed by atoms with Gasteiger partial charge in [-0.15, -0.1) is 0 Å². The van der Waals surface area contributed by atoms with Gasteiger partial charge in [0.05, 0.1) is 0 Å². The fourth-order valence-corrected chi connectivity index (χ4v) is 4.73. The van der Waals surface area contributed by atoms with Crippen molar-refractivity contribution in [1.29, 1.82) is 0 Å². The fourth-order valence-electron chi connectivity index (χ4n) is 4.73. The predicted octanol–water partition coefficient (Wildman–Crippen LogP) is -4.45. The summed E-state index contributed by atoms with van der Waals surface area (Å²) in [7, 11) is 0. The molecule has 0 unspecified atom stereocenters. The Morgan fingerprint density at radius 2 is 0.759 bits per heavy atom. The summed E-state index contributed by atoms with van der Waals surface area (Å²) < 4.78 is 0. The molecule has 2 aliphatic rings. The normalized spacial score (nSPS) is 16.8. The Morgan fingerprint density at radius 1 is 0.481 bits per heavy atom. The highest BCUT2D eigenvalue weighted by atomic mass is 16.4. The summed E-state index contributed by atoms with van der Waals surface area (Å²) in [5, 5.41) is 31.5. The van der Waals surface area contributed by atoms with Gasteiger partial charge in [0.2, 0.25) is 35.4 Å². The molecule has 2 rings (SSSR count). The van der Waals surface area contributed by atoms with Crippen molar-refractivity contribution in [2.45, 2.75) is 89.6 Å². The second kappa shape index (κ2) is 19.9. The topological polar surface area (TPSA) is 324 Å². The van der Waals surface area contributed by atoms with Crippen molar-refractivity contribution >= 4 is 71.0 Å². The van der Waals surface area contributed by atoms with Crippen molar-refractivity contribution < 1.29 is 67.7 Å². The molecule has 0 aliphatic carbocycles. The van der Waals surface area contributed by atoms with Crippen molar-refractivity contribution in [2.75, 3.05) is 13.1 Å². The first-order chi connectivity index (χ1) is 25.2.